The van der Waals surface area contributed by atoms with Crippen LogP contribution in [0.15, 0.2) is 71.6 Å². The molecule has 37 heavy (non-hydrogen) atoms. The van der Waals surface area contributed by atoms with Crippen molar-refractivity contribution in [3.8, 4) is 11.5 Å². The van der Waals surface area contributed by atoms with E-state index in [-0.39, 0.29) is 22.8 Å². The van der Waals surface area contributed by atoms with Crippen molar-refractivity contribution in [2.75, 3.05) is 23.3 Å². The van der Waals surface area contributed by atoms with Gasteiger partial charge in [0, 0.05) is 16.6 Å². The Hall–Kier alpha value is -3.16. The molecule has 0 bridgehead atoms. The van der Waals surface area contributed by atoms with Gasteiger partial charge in [-0.15, -0.1) is 0 Å². The van der Waals surface area contributed by atoms with Crippen molar-refractivity contribution in [1.29, 1.82) is 0 Å². The Morgan fingerprint density at radius 3 is 2.54 bits per heavy atom. The van der Waals surface area contributed by atoms with E-state index in [1.165, 1.54) is 0 Å². The maximum absolute atomic E-state index is 13.3. The number of allylic oxidation sites excluding steroid dienone is 2. The lowest BCUT2D eigenvalue weighted by atomic mass is 9.77. The Balaban J connectivity index is 1.47. The van der Waals surface area contributed by atoms with E-state index >= 15 is 0 Å². The van der Waals surface area contributed by atoms with E-state index in [0.29, 0.717) is 23.9 Å². The van der Waals surface area contributed by atoms with E-state index in [9.17, 15) is 8.42 Å². The zero-order valence-corrected chi connectivity index (χ0v) is 22.7. The third kappa shape index (κ3) is 5.03. The Morgan fingerprint density at radius 1 is 1.00 bits per heavy atom. The number of hydrogen-bond acceptors (Lipinski definition) is 5. The van der Waals surface area contributed by atoms with Gasteiger partial charge in [0.05, 0.1) is 29.8 Å². The fourth-order valence-corrected chi connectivity index (χ4v) is 6.67. The number of halogens is 1. The lowest BCUT2D eigenvalue weighted by molar-refractivity contribution is 0.287. The van der Waals surface area contributed by atoms with Gasteiger partial charge in [-0.3, -0.25) is 4.72 Å². The van der Waals surface area contributed by atoms with Crippen LogP contribution in [-0.2, 0) is 10.0 Å². The first-order chi connectivity index (χ1) is 17.8. The molecule has 0 amide bonds. The fraction of sp³-hybridized carbons (Fsp3) is 0.310. The Labute approximate surface area is 223 Å². The molecule has 6 nitrogen and oxygen atoms in total. The van der Waals surface area contributed by atoms with Crippen LogP contribution in [0.25, 0.3) is 0 Å². The second kappa shape index (κ2) is 10.3. The van der Waals surface area contributed by atoms with E-state index in [1.807, 2.05) is 32.9 Å². The average Bonchev–Trinajstić information content (AvgIpc) is 3.37. The third-order valence-corrected chi connectivity index (χ3v) is 8.60. The van der Waals surface area contributed by atoms with Crippen molar-refractivity contribution in [3.63, 3.8) is 0 Å². The number of benzene rings is 3. The number of ether oxygens (including phenoxy) is 2. The molecular weight excluding hydrogens is 508 g/mol. The third-order valence-electron chi connectivity index (χ3n) is 7.00. The number of aryl methyl sites for hydroxylation is 1. The maximum atomic E-state index is 13.3. The highest BCUT2D eigenvalue weighted by Gasteiger charge is 2.38. The molecule has 0 radical (unpaired) electrons. The quantitative estimate of drug-likeness (QED) is 0.300. The van der Waals surface area contributed by atoms with E-state index in [4.69, 9.17) is 21.1 Å². The zero-order chi connectivity index (χ0) is 26.2. The van der Waals surface area contributed by atoms with Crippen LogP contribution in [0.1, 0.15) is 48.9 Å². The van der Waals surface area contributed by atoms with Gasteiger partial charge >= 0.3 is 0 Å². The summed E-state index contributed by atoms with van der Waals surface area (Å²) >= 11 is 6.03. The molecule has 2 N–H and O–H groups in total. The SMILES string of the molecule is CCOc1ccc([C@H]2Nc3ccc(S(=O)(=O)Nc4ccc(Cl)cc4C)cc3[C@H]3C=CC[C@H]32)cc1OCC. The van der Waals surface area contributed by atoms with E-state index in [2.05, 4.69) is 34.3 Å². The highest BCUT2D eigenvalue weighted by molar-refractivity contribution is 7.92. The Bertz CT molecular complexity index is 1450. The van der Waals surface area contributed by atoms with Crippen LogP contribution in [0, 0.1) is 12.8 Å². The molecule has 3 aromatic carbocycles. The lowest BCUT2D eigenvalue weighted by Crippen LogP contribution is -2.29. The van der Waals surface area contributed by atoms with Crippen LogP contribution in [0.3, 0.4) is 0 Å². The van der Waals surface area contributed by atoms with Crippen LogP contribution < -0.4 is 19.5 Å². The highest BCUT2D eigenvalue weighted by atomic mass is 35.5. The Morgan fingerprint density at radius 2 is 1.78 bits per heavy atom. The number of hydrogen-bond donors (Lipinski definition) is 2. The smallest absolute Gasteiger partial charge is 0.261 e. The Kier molecular flexibility index (Phi) is 7.10. The maximum Gasteiger partial charge on any atom is 0.261 e. The monoisotopic (exact) mass is 538 g/mol. The fourth-order valence-electron chi connectivity index (χ4n) is 5.28. The molecule has 1 aliphatic carbocycles. The summed E-state index contributed by atoms with van der Waals surface area (Å²) in [4.78, 5) is 0.236. The predicted molar refractivity (Wildman–Crippen MR) is 149 cm³/mol. The van der Waals surface area contributed by atoms with Gasteiger partial charge in [-0.25, -0.2) is 8.42 Å². The van der Waals surface area contributed by atoms with Crippen LogP contribution in [-0.4, -0.2) is 21.6 Å². The summed E-state index contributed by atoms with van der Waals surface area (Å²) in [6.07, 6.45) is 5.29. The normalized spacial score (nSPS) is 20.1. The first-order valence-corrected chi connectivity index (χ1v) is 14.4. The summed E-state index contributed by atoms with van der Waals surface area (Å²) in [5.41, 5.74) is 4.32. The van der Waals surface area contributed by atoms with E-state index in [1.54, 1.807) is 30.3 Å². The molecule has 5 rings (SSSR count). The molecule has 0 spiro atoms. The van der Waals surface area contributed by atoms with Crippen LogP contribution >= 0.6 is 11.6 Å². The summed E-state index contributed by atoms with van der Waals surface area (Å²) in [5, 5.41) is 4.25. The van der Waals surface area contributed by atoms with Gasteiger partial charge in [-0.2, -0.15) is 0 Å². The zero-order valence-electron chi connectivity index (χ0n) is 21.1. The van der Waals surface area contributed by atoms with Gasteiger partial charge in [-0.1, -0.05) is 29.8 Å². The summed E-state index contributed by atoms with van der Waals surface area (Å²) < 4.78 is 40.9. The first-order valence-electron chi connectivity index (χ1n) is 12.6. The predicted octanol–water partition coefficient (Wildman–Crippen LogP) is 7.07. The molecule has 194 valence electrons. The number of sulfonamides is 1. The molecule has 2 aliphatic rings. The molecule has 0 fully saturated rings. The summed E-state index contributed by atoms with van der Waals surface area (Å²) in [7, 11) is -3.77. The van der Waals surface area contributed by atoms with Gasteiger partial charge in [0.1, 0.15) is 0 Å². The lowest BCUT2D eigenvalue weighted by Gasteiger charge is -2.38. The van der Waals surface area contributed by atoms with E-state index in [0.717, 1.165) is 40.3 Å². The molecule has 0 unspecified atom stereocenters. The number of fused-ring (bicyclic) bond motifs is 3. The average molecular weight is 539 g/mol. The van der Waals surface area contributed by atoms with Crippen molar-refractivity contribution in [1.82, 2.24) is 0 Å². The van der Waals surface area contributed by atoms with Crippen LogP contribution in [0.2, 0.25) is 5.02 Å². The van der Waals surface area contributed by atoms with Crippen molar-refractivity contribution < 1.29 is 17.9 Å². The van der Waals surface area contributed by atoms with Crippen LogP contribution in [0.4, 0.5) is 11.4 Å². The van der Waals surface area contributed by atoms with Crippen molar-refractivity contribution in [2.45, 2.75) is 44.0 Å². The minimum atomic E-state index is -3.77. The van der Waals surface area contributed by atoms with Crippen LogP contribution in [0.5, 0.6) is 11.5 Å². The molecule has 8 heteroatoms. The van der Waals surface area contributed by atoms with Gasteiger partial charge in [0.2, 0.25) is 0 Å². The molecule has 0 saturated carbocycles. The number of rotatable bonds is 8. The largest absolute Gasteiger partial charge is 0.490 e. The second-order valence-electron chi connectivity index (χ2n) is 9.36. The molecule has 0 saturated heterocycles. The molecule has 3 atom stereocenters. The number of anilines is 2. The highest BCUT2D eigenvalue weighted by Crippen LogP contribution is 2.51. The standard InChI is InChI=1S/C29H31ClN2O4S/c1-4-35-27-14-9-19(16-28(27)36-5-2)29-23-8-6-7-22(23)24-17-21(11-13-26(24)31-29)37(33,34)32-25-12-10-20(30)15-18(25)3/h6-7,9-17,22-23,29,31-32H,4-5,8H2,1-3H3/t22-,23+,29+/m0/s1. The second-order valence-corrected chi connectivity index (χ2v) is 11.5. The number of nitrogens with one attached hydrogen (secondary N) is 2. The summed E-state index contributed by atoms with van der Waals surface area (Å²) in [6.45, 7) is 6.87. The minimum absolute atomic E-state index is 0.0553. The summed E-state index contributed by atoms with van der Waals surface area (Å²) in [5.74, 6) is 1.84. The van der Waals surface area contributed by atoms with Gasteiger partial charge in [0.25, 0.3) is 10.0 Å². The van der Waals surface area contributed by atoms with Crippen molar-refractivity contribution in [3.05, 3.63) is 88.5 Å². The van der Waals surface area contributed by atoms with Crippen molar-refractivity contribution in [2.24, 2.45) is 5.92 Å². The summed E-state index contributed by atoms with van der Waals surface area (Å²) in [6, 6.07) is 16.6. The molecule has 1 heterocycles. The molecular formula is C29H31ClN2O4S. The van der Waals surface area contributed by atoms with Gasteiger partial charge in [-0.05, 0) is 98.3 Å². The minimum Gasteiger partial charge on any atom is -0.490 e. The molecule has 1 aliphatic heterocycles. The van der Waals surface area contributed by atoms with Gasteiger partial charge < -0.3 is 14.8 Å². The molecule has 3 aromatic rings. The van der Waals surface area contributed by atoms with E-state index < -0.39 is 10.0 Å². The topological polar surface area (TPSA) is 76.7 Å². The van der Waals surface area contributed by atoms with Gasteiger partial charge in [0.15, 0.2) is 11.5 Å². The first kappa shape index (κ1) is 25.5. The van der Waals surface area contributed by atoms with Crippen molar-refractivity contribution >= 4 is 33.0 Å². The molecule has 0 aromatic heterocycles.